The molecular formula is C50H33NO. The summed E-state index contributed by atoms with van der Waals surface area (Å²) in [7, 11) is 0. The highest BCUT2D eigenvalue weighted by Crippen LogP contribution is 2.42. The van der Waals surface area contributed by atoms with Crippen LogP contribution in [0, 0.1) is 0 Å². The summed E-state index contributed by atoms with van der Waals surface area (Å²) in [6.45, 7) is 0. The summed E-state index contributed by atoms with van der Waals surface area (Å²) in [6, 6.07) is 42.8. The summed E-state index contributed by atoms with van der Waals surface area (Å²) in [5, 5.41) is 6.23. The molecule has 244 valence electrons. The van der Waals surface area contributed by atoms with Crippen LogP contribution >= 0.6 is 0 Å². The van der Waals surface area contributed by atoms with E-state index in [0.29, 0.717) is 11.4 Å². The van der Waals surface area contributed by atoms with Crippen molar-refractivity contribution in [1.29, 1.82) is 0 Å². The summed E-state index contributed by atoms with van der Waals surface area (Å²) in [4.78, 5) is 1.68. The summed E-state index contributed by atoms with van der Waals surface area (Å²) < 4.78 is 85.6. The van der Waals surface area contributed by atoms with E-state index in [4.69, 9.17) is 11.3 Å². The van der Waals surface area contributed by atoms with Gasteiger partial charge in [-0.05, 0) is 104 Å². The van der Waals surface area contributed by atoms with Crippen molar-refractivity contribution in [3.63, 3.8) is 0 Å². The van der Waals surface area contributed by atoms with Gasteiger partial charge in [-0.15, -0.1) is 0 Å². The van der Waals surface area contributed by atoms with Crippen LogP contribution in [0.4, 0.5) is 17.1 Å². The molecule has 2 nitrogen and oxygen atoms in total. The number of rotatable bonds is 6. The highest BCUT2D eigenvalue weighted by molar-refractivity contribution is 6.19. The van der Waals surface area contributed by atoms with Crippen LogP contribution in [0.2, 0.25) is 0 Å². The van der Waals surface area contributed by atoms with Gasteiger partial charge in [0, 0.05) is 33.2 Å². The van der Waals surface area contributed by atoms with Crippen LogP contribution in [-0.2, 0) is 0 Å². The Morgan fingerprint density at radius 2 is 1.10 bits per heavy atom. The predicted molar refractivity (Wildman–Crippen MR) is 220 cm³/mol. The van der Waals surface area contributed by atoms with E-state index >= 15 is 0 Å². The Hall–Kier alpha value is -6.90. The molecule has 0 unspecified atom stereocenters. The molecule has 10 aromatic rings. The van der Waals surface area contributed by atoms with Gasteiger partial charge < -0.3 is 9.32 Å². The zero-order chi connectivity index (χ0) is 42.3. The Morgan fingerprint density at radius 1 is 0.404 bits per heavy atom. The Bertz CT molecular complexity index is 3380. The van der Waals surface area contributed by atoms with Crippen molar-refractivity contribution in [2.75, 3.05) is 4.90 Å². The second kappa shape index (κ2) is 12.5. The molecule has 52 heavy (non-hydrogen) atoms. The van der Waals surface area contributed by atoms with Gasteiger partial charge in [0.1, 0.15) is 11.2 Å². The van der Waals surface area contributed by atoms with Crippen LogP contribution in [0.3, 0.4) is 0 Å². The second-order valence-electron chi connectivity index (χ2n) is 12.7. The molecule has 0 saturated heterocycles. The fourth-order valence-electron chi connectivity index (χ4n) is 7.10. The van der Waals surface area contributed by atoms with E-state index in [2.05, 4.69) is 42.5 Å². The molecule has 0 bridgehead atoms. The molecule has 0 aliphatic heterocycles. The average Bonchev–Trinajstić information content (AvgIpc) is 3.69. The van der Waals surface area contributed by atoms with Crippen molar-refractivity contribution < 1.29 is 16.8 Å². The molecule has 0 fully saturated rings. The first-order valence-electron chi connectivity index (χ1n) is 21.5. The largest absolute Gasteiger partial charge is 0.455 e. The standard InChI is InChI=1S/C50H33NO/c1-2-10-34(11-3-1)36-22-27-42(28-23-36)51(44-16-8-15-40(33-44)41-21-20-35-12-4-5-14-39(35)32-41)43-29-24-38(25-30-43)45-18-9-19-48-49(45)47-31-26-37-13-6-7-17-46(37)50(47)52-48/h1-33H/i1D,2D,3D,10D,11D,22D,23D,27D,28D. The number of furan rings is 1. The molecule has 1 aromatic heterocycles. The minimum atomic E-state index is -0.628. The number of anilines is 3. The molecular weight excluding hydrogens is 631 g/mol. The Kier molecular flexibility index (Phi) is 5.28. The van der Waals surface area contributed by atoms with E-state index in [-0.39, 0.29) is 11.3 Å². The van der Waals surface area contributed by atoms with Crippen molar-refractivity contribution in [2.24, 2.45) is 0 Å². The van der Waals surface area contributed by atoms with E-state index < -0.39 is 59.9 Å². The normalized spacial score (nSPS) is 13.9. The van der Waals surface area contributed by atoms with Crippen LogP contribution in [0.5, 0.6) is 0 Å². The summed E-state index contributed by atoms with van der Waals surface area (Å²) in [5.41, 5.74) is 5.50. The van der Waals surface area contributed by atoms with Gasteiger partial charge in [-0.25, -0.2) is 0 Å². The van der Waals surface area contributed by atoms with Crippen molar-refractivity contribution >= 4 is 60.5 Å². The summed E-state index contributed by atoms with van der Waals surface area (Å²) in [5.74, 6) is 0. The molecule has 9 aromatic carbocycles. The molecule has 2 heteroatoms. The molecule has 10 rings (SSSR count). The maximum atomic E-state index is 9.44. The number of fused-ring (bicyclic) bond motifs is 6. The summed E-state index contributed by atoms with van der Waals surface area (Å²) >= 11 is 0. The molecule has 0 saturated carbocycles. The van der Waals surface area contributed by atoms with Crippen LogP contribution in [0.25, 0.3) is 76.9 Å². The fraction of sp³-hybridized carbons (Fsp3) is 0. The van der Waals surface area contributed by atoms with E-state index in [1.807, 2.05) is 103 Å². The SMILES string of the molecule is [2H]c1c([2H])c([2H])c(-c2c([2H])c([2H])c(N(c3ccc(-c4cccc5oc6c7ccccc7ccc6c45)cc3)c3cccc(-c4ccc5ccccc5c4)c3)c([2H])c2[2H])c([2H])c1[2H]. The number of hydrogen-bond acceptors (Lipinski definition) is 2. The predicted octanol–water partition coefficient (Wildman–Crippen LogP) is 14.4. The number of benzene rings is 9. The molecule has 0 radical (unpaired) electrons. The summed E-state index contributed by atoms with van der Waals surface area (Å²) in [6.07, 6.45) is 0. The van der Waals surface area contributed by atoms with Crippen LogP contribution in [-0.4, -0.2) is 0 Å². The first-order chi connectivity index (χ1) is 29.5. The quantitative estimate of drug-likeness (QED) is 0.175. The van der Waals surface area contributed by atoms with Crippen molar-refractivity contribution in [3.05, 3.63) is 200 Å². The zero-order valence-electron chi connectivity index (χ0n) is 36.7. The lowest BCUT2D eigenvalue weighted by Gasteiger charge is -2.26. The minimum absolute atomic E-state index is 0.0654. The second-order valence-corrected chi connectivity index (χ2v) is 12.7. The third-order valence-electron chi connectivity index (χ3n) is 9.60. The van der Waals surface area contributed by atoms with Crippen molar-refractivity contribution in [1.82, 2.24) is 0 Å². The minimum Gasteiger partial charge on any atom is -0.455 e. The lowest BCUT2D eigenvalue weighted by Crippen LogP contribution is -2.10. The lowest BCUT2D eigenvalue weighted by molar-refractivity contribution is 0.673. The number of hydrogen-bond donors (Lipinski definition) is 0. The molecule has 0 atom stereocenters. The van der Waals surface area contributed by atoms with Gasteiger partial charge in [-0.2, -0.15) is 0 Å². The smallest absolute Gasteiger partial charge is 0.143 e. The van der Waals surface area contributed by atoms with Gasteiger partial charge in [-0.1, -0.05) is 145 Å². The maximum absolute atomic E-state index is 9.44. The van der Waals surface area contributed by atoms with Gasteiger partial charge in [0.15, 0.2) is 0 Å². The van der Waals surface area contributed by atoms with E-state index in [0.717, 1.165) is 65.7 Å². The molecule has 0 N–H and O–H groups in total. The first kappa shape index (κ1) is 22.0. The van der Waals surface area contributed by atoms with Crippen molar-refractivity contribution in [2.45, 2.75) is 0 Å². The Labute approximate surface area is 315 Å². The average molecular weight is 673 g/mol. The third-order valence-corrected chi connectivity index (χ3v) is 9.60. The highest BCUT2D eigenvalue weighted by atomic mass is 16.3. The van der Waals surface area contributed by atoms with Gasteiger partial charge >= 0.3 is 0 Å². The molecule has 0 spiro atoms. The van der Waals surface area contributed by atoms with Gasteiger partial charge in [0.2, 0.25) is 0 Å². The molecule has 0 aliphatic rings. The third kappa shape index (κ3) is 5.21. The molecule has 1 heterocycles. The molecule has 0 aliphatic carbocycles. The van der Waals surface area contributed by atoms with Gasteiger partial charge in [0.05, 0.1) is 12.3 Å². The van der Waals surface area contributed by atoms with E-state index in [1.165, 1.54) is 0 Å². The Balaban J connectivity index is 1.16. The monoisotopic (exact) mass is 672 g/mol. The molecule has 0 amide bonds. The van der Waals surface area contributed by atoms with E-state index in [9.17, 15) is 5.48 Å². The maximum Gasteiger partial charge on any atom is 0.143 e. The Morgan fingerprint density at radius 3 is 1.94 bits per heavy atom. The topological polar surface area (TPSA) is 16.4 Å². The van der Waals surface area contributed by atoms with Crippen LogP contribution in [0.1, 0.15) is 12.3 Å². The lowest BCUT2D eigenvalue weighted by atomic mass is 9.97. The number of nitrogens with zero attached hydrogens (tertiary/aromatic N) is 1. The van der Waals surface area contributed by atoms with Gasteiger partial charge in [0.25, 0.3) is 0 Å². The van der Waals surface area contributed by atoms with E-state index in [1.54, 1.807) is 4.90 Å². The van der Waals surface area contributed by atoms with Gasteiger partial charge in [-0.3, -0.25) is 0 Å². The highest BCUT2D eigenvalue weighted by Gasteiger charge is 2.17. The van der Waals surface area contributed by atoms with Crippen LogP contribution in [0.15, 0.2) is 204 Å². The first-order valence-corrected chi connectivity index (χ1v) is 17.0. The van der Waals surface area contributed by atoms with Crippen molar-refractivity contribution in [3.8, 4) is 33.4 Å². The van der Waals surface area contributed by atoms with Crippen LogP contribution < -0.4 is 4.90 Å². The fourth-order valence-corrected chi connectivity index (χ4v) is 7.10. The zero-order valence-corrected chi connectivity index (χ0v) is 27.7.